The Bertz CT molecular complexity index is 546. The van der Waals surface area contributed by atoms with E-state index >= 15 is 0 Å². The van der Waals surface area contributed by atoms with Crippen LogP contribution in [0.25, 0.3) is 0 Å². The predicted octanol–water partition coefficient (Wildman–Crippen LogP) is 0.961. The molecule has 0 amide bonds. The van der Waals surface area contributed by atoms with Crippen molar-refractivity contribution in [1.29, 1.82) is 0 Å². The fourth-order valence-electron chi connectivity index (χ4n) is 2.74. The molecule has 0 saturated carbocycles. The summed E-state index contributed by atoms with van der Waals surface area (Å²) < 4.78 is 32.0. The van der Waals surface area contributed by atoms with Crippen molar-refractivity contribution in [3.05, 3.63) is 17.9 Å². The standard InChI is InChI=1S/C14H25N3O3S/c1-15-10-13-4-5-14(20-13)21(18,19)17-8-6-12(7-9-17)11-16(2)3/h4-5,12,15H,6-11H2,1-3H3. The molecule has 0 bridgehead atoms. The van der Waals surface area contributed by atoms with Gasteiger partial charge in [-0.3, -0.25) is 0 Å². The van der Waals surface area contributed by atoms with Gasteiger partial charge in [-0.25, -0.2) is 8.42 Å². The minimum absolute atomic E-state index is 0.0545. The number of rotatable bonds is 6. The van der Waals surface area contributed by atoms with Crippen molar-refractivity contribution in [3.8, 4) is 0 Å². The van der Waals surface area contributed by atoms with Gasteiger partial charge in [-0.1, -0.05) is 0 Å². The molecule has 1 aliphatic heterocycles. The summed E-state index contributed by atoms with van der Waals surface area (Å²) in [5.74, 6) is 1.21. The summed E-state index contributed by atoms with van der Waals surface area (Å²) in [6.45, 7) is 2.69. The van der Waals surface area contributed by atoms with Gasteiger partial charge in [-0.15, -0.1) is 0 Å². The zero-order chi connectivity index (χ0) is 15.5. The summed E-state index contributed by atoms with van der Waals surface area (Å²) in [5.41, 5.74) is 0. The molecule has 1 aromatic heterocycles. The van der Waals surface area contributed by atoms with E-state index in [1.54, 1.807) is 23.5 Å². The van der Waals surface area contributed by atoms with E-state index in [9.17, 15) is 8.42 Å². The smallest absolute Gasteiger partial charge is 0.276 e. The van der Waals surface area contributed by atoms with E-state index in [0.717, 1.165) is 19.4 Å². The molecule has 0 unspecified atom stereocenters. The third kappa shape index (κ3) is 4.06. The van der Waals surface area contributed by atoms with Gasteiger partial charge in [-0.05, 0) is 52.0 Å². The van der Waals surface area contributed by atoms with Gasteiger partial charge in [0.05, 0.1) is 6.54 Å². The average Bonchev–Trinajstić information content (AvgIpc) is 2.88. The van der Waals surface area contributed by atoms with E-state index in [4.69, 9.17) is 4.42 Å². The van der Waals surface area contributed by atoms with Crippen LogP contribution in [0.4, 0.5) is 0 Å². The van der Waals surface area contributed by atoms with Gasteiger partial charge in [0.2, 0.25) is 5.09 Å². The molecule has 1 fully saturated rings. The number of piperidine rings is 1. The van der Waals surface area contributed by atoms with Crippen LogP contribution >= 0.6 is 0 Å². The monoisotopic (exact) mass is 315 g/mol. The Labute approximate surface area is 127 Å². The van der Waals surface area contributed by atoms with E-state index in [1.165, 1.54) is 0 Å². The van der Waals surface area contributed by atoms with Crippen molar-refractivity contribution >= 4 is 10.0 Å². The summed E-state index contributed by atoms with van der Waals surface area (Å²) >= 11 is 0. The third-order valence-corrected chi connectivity index (χ3v) is 5.55. The quantitative estimate of drug-likeness (QED) is 0.847. The van der Waals surface area contributed by atoms with Crippen LogP contribution in [0.2, 0.25) is 0 Å². The first-order chi connectivity index (χ1) is 9.93. The second kappa shape index (κ2) is 6.91. The highest BCUT2D eigenvalue weighted by Crippen LogP contribution is 2.25. The van der Waals surface area contributed by atoms with Crippen molar-refractivity contribution in [3.63, 3.8) is 0 Å². The van der Waals surface area contributed by atoms with Crippen LogP contribution in [-0.4, -0.2) is 58.4 Å². The Balaban J connectivity index is 2.00. The molecule has 7 heteroatoms. The Kier molecular flexibility index (Phi) is 5.43. The van der Waals surface area contributed by atoms with Gasteiger partial charge in [0.15, 0.2) is 0 Å². The minimum Gasteiger partial charge on any atom is -0.447 e. The molecule has 0 atom stereocenters. The molecule has 1 aromatic rings. The second-order valence-electron chi connectivity index (χ2n) is 5.86. The first-order valence-electron chi connectivity index (χ1n) is 7.31. The van der Waals surface area contributed by atoms with Gasteiger partial charge < -0.3 is 14.6 Å². The minimum atomic E-state index is -3.49. The number of hydrogen-bond acceptors (Lipinski definition) is 5. The lowest BCUT2D eigenvalue weighted by Crippen LogP contribution is -2.40. The molecular weight excluding hydrogens is 290 g/mol. The van der Waals surface area contributed by atoms with Crippen molar-refractivity contribution in [2.45, 2.75) is 24.5 Å². The molecule has 21 heavy (non-hydrogen) atoms. The fourth-order valence-corrected chi connectivity index (χ4v) is 4.14. The Morgan fingerprint density at radius 1 is 1.33 bits per heavy atom. The van der Waals surface area contributed by atoms with Crippen LogP contribution in [0.15, 0.2) is 21.6 Å². The van der Waals surface area contributed by atoms with Crippen LogP contribution in [0.1, 0.15) is 18.6 Å². The zero-order valence-electron chi connectivity index (χ0n) is 13.0. The van der Waals surface area contributed by atoms with Crippen LogP contribution in [0.3, 0.4) is 0 Å². The maximum atomic E-state index is 12.5. The Morgan fingerprint density at radius 2 is 2.00 bits per heavy atom. The number of nitrogens with zero attached hydrogens (tertiary/aromatic N) is 2. The van der Waals surface area contributed by atoms with E-state index in [2.05, 4.69) is 24.3 Å². The van der Waals surface area contributed by atoms with Crippen molar-refractivity contribution < 1.29 is 12.8 Å². The summed E-state index contributed by atoms with van der Waals surface area (Å²) in [5, 5.41) is 3.00. The van der Waals surface area contributed by atoms with E-state index < -0.39 is 10.0 Å². The molecule has 1 aliphatic rings. The average molecular weight is 315 g/mol. The second-order valence-corrected chi connectivity index (χ2v) is 7.73. The topological polar surface area (TPSA) is 65.8 Å². The van der Waals surface area contributed by atoms with Crippen molar-refractivity contribution in [2.75, 3.05) is 40.8 Å². The molecule has 0 spiro atoms. The van der Waals surface area contributed by atoms with Crippen LogP contribution < -0.4 is 5.32 Å². The molecule has 6 nitrogen and oxygen atoms in total. The molecular formula is C14H25N3O3S. The lowest BCUT2D eigenvalue weighted by Gasteiger charge is -2.31. The van der Waals surface area contributed by atoms with E-state index in [0.29, 0.717) is 31.3 Å². The molecule has 2 heterocycles. The highest BCUT2D eigenvalue weighted by atomic mass is 32.2. The SMILES string of the molecule is CNCc1ccc(S(=O)(=O)N2CCC(CN(C)C)CC2)o1. The highest BCUT2D eigenvalue weighted by molar-refractivity contribution is 7.89. The lowest BCUT2D eigenvalue weighted by molar-refractivity contribution is 0.222. The van der Waals surface area contributed by atoms with Crippen LogP contribution in [-0.2, 0) is 16.6 Å². The van der Waals surface area contributed by atoms with Crippen molar-refractivity contribution in [2.24, 2.45) is 5.92 Å². The van der Waals surface area contributed by atoms with E-state index in [-0.39, 0.29) is 5.09 Å². The predicted molar refractivity (Wildman–Crippen MR) is 81.5 cm³/mol. The number of hydrogen-bond donors (Lipinski definition) is 1. The number of sulfonamides is 1. The van der Waals surface area contributed by atoms with Gasteiger partial charge >= 0.3 is 0 Å². The summed E-state index contributed by atoms with van der Waals surface area (Å²) in [6.07, 6.45) is 1.81. The first kappa shape index (κ1) is 16.5. The molecule has 0 aliphatic carbocycles. The first-order valence-corrected chi connectivity index (χ1v) is 8.75. The Hall–Kier alpha value is -0.890. The van der Waals surface area contributed by atoms with Gasteiger partial charge in [0, 0.05) is 19.6 Å². The highest BCUT2D eigenvalue weighted by Gasteiger charge is 2.31. The lowest BCUT2D eigenvalue weighted by atomic mass is 9.98. The molecule has 1 saturated heterocycles. The summed E-state index contributed by atoms with van der Waals surface area (Å²) in [7, 11) is 2.41. The maximum Gasteiger partial charge on any atom is 0.276 e. The van der Waals surface area contributed by atoms with Gasteiger partial charge in [-0.2, -0.15) is 4.31 Å². The molecule has 1 N–H and O–H groups in total. The zero-order valence-corrected chi connectivity index (χ0v) is 13.8. The van der Waals surface area contributed by atoms with E-state index in [1.807, 2.05) is 0 Å². The number of furan rings is 1. The van der Waals surface area contributed by atoms with Gasteiger partial charge in [0.1, 0.15) is 5.76 Å². The summed E-state index contributed by atoms with van der Waals surface area (Å²) in [4.78, 5) is 2.16. The van der Waals surface area contributed by atoms with Crippen LogP contribution in [0, 0.1) is 5.92 Å². The number of nitrogens with one attached hydrogen (secondary N) is 1. The van der Waals surface area contributed by atoms with Crippen molar-refractivity contribution in [1.82, 2.24) is 14.5 Å². The largest absolute Gasteiger partial charge is 0.447 e. The molecule has 2 rings (SSSR count). The normalized spacial score (nSPS) is 18.5. The Morgan fingerprint density at radius 3 is 2.57 bits per heavy atom. The van der Waals surface area contributed by atoms with Gasteiger partial charge in [0.25, 0.3) is 10.0 Å². The molecule has 0 aromatic carbocycles. The molecule has 120 valence electrons. The summed E-state index contributed by atoms with van der Waals surface area (Å²) in [6, 6.07) is 3.26. The van der Waals surface area contributed by atoms with Crippen LogP contribution in [0.5, 0.6) is 0 Å². The third-order valence-electron chi connectivity index (χ3n) is 3.78. The molecule has 0 radical (unpaired) electrons. The maximum absolute atomic E-state index is 12.5. The fraction of sp³-hybridized carbons (Fsp3) is 0.714.